The summed E-state index contributed by atoms with van der Waals surface area (Å²) in [6.45, 7) is 6.38. The molecule has 0 radical (unpaired) electrons. The average Bonchev–Trinajstić information content (AvgIpc) is 2.45. The zero-order valence-corrected chi connectivity index (χ0v) is 8.92. The Balaban J connectivity index is 2.28. The molecule has 2 aliphatic carbocycles. The van der Waals surface area contributed by atoms with E-state index in [4.69, 9.17) is 5.11 Å². The van der Waals surface area contributed by atoms with Crippen LogP contribution in [0.4, 0.5) is 0 Å². The number of hydrogen-bond donors (Lipinski definition) is 1. The number of hydrogen-bond acceptors (Lipinski definition) is 1. The molecule has 2 heteroatoms. The predicted molar refractivity (Wildman–Crippen MR) is 53.5 cm³/mol. The first-order chi connectivity index (χ1) is 6.40. The maximum absolute atomic E-state index is 10.8. The molecule has 76 valence electrons. The quantitative estimate of drug-likeness (QED) is 0.681. The maximum atomic E-state index is 10.8. The molecule has 14 heavy (non-hydrogen) atoms. The highest BCUT2D eigenvalue weighted by Gasteiger charge is 2.71. The Labute approximate surface area is 84.7 Å². The molecule has 0 spiro atoms. The fourth-order valence-electron chi connectivity index (χ4n) is 3.14. The smallest absolute Gasteiger partial charge is 0.303 e. The number of carboxylic acids is 1. The molecular formula is C12H16O2. The molecule has 0 aromatic heterocycles. The number of fused-ring (bicyclic) bond motifs is 1. The number of carboxylic acid groups (broad SMARTS) is 1. The summed E-state index contributed by atoms with van der Waals surface area (Å²) in [4.78, 5) is 10.8. The third kappa shape index (κ3) is 1.02. The van der Waals surface area contributed by atoms with Crippen LogP contribution in [0.15, 0.2) is 0 Å². The molecule has 3 atom stereocenters. The van der Waals surface area contributed by atoms with Gasteiger partial charge in [-0.15, -0.1) is 0 Å². The molecule has 0 amide bonds. The fourth-order valence-corrected chi connectivity index (χ4v) is 3.14. The van der Waals surface area contributed by atoms with Gasteiger partial charge in [-0.05, 0) is 11.8 Å². The van der Waals surface area contributed by atoms with Gasteiger partial charge >= 0.3 is 5.97 Å². The summed E-state index contributed by atoms with van der Waals surface area (Å²) in [6.07, 6.45) is 1.23. The van der Waals surface area contributed by atoms with Crippen molar-refractivity contribution in [1.29, 1.82) is 0 Å². The van der Waals surface area contributed by atoms with Gasteiger partial charge in [-0.3, -0.25) is 4.79 Å². The Morgan fingerprint density at radius 2 is 2.14 bits per heavy atom. The molecule has 0 aromatic rings. The van der Waals surface area contributed by atoms with Crippen LogP contribution in [-0.2, 0) is 4.79 Å². The third-order valence-electron chi connectivity index (χ3n) is 4.09. The van der Waals surface area contributed by atoms with Crippen molar-refractivity contribution in [2.24, 2.45) is 22.7 Å². The highest BCUT2D eigenvalue weighted by molar-refractivity contribution is 5.69. The second-order valence-corrected chi connectivity index (χ2v) is 5.28. The molecule has 1 N–H and O–H groups in total. The minimum absolute atomic E-state index is 0.0382. The van der Waals surface area contributed by atoms with Gasteiger partial charge in [-0.1, -0.05) is 32.6 Å². The Bertz CT molecular complexity index is 345. The molecule has 0 heterocycles. The van der Waals surface area contributed by atoms with Crippen molar-refractivity contribution in [3.05, 3.63) is 0 Å². The van der Waals surface area contributed by atoms with E-state index in [0.29, 0.717) is 11.8 Å². The minimum Gasteiger partial charge on any atom is -0.481 e. The zero-order valence-electron chi connectivity index (χ0n) is 8.92. The van der Waals surface area contributed by atoms with E-state index in [-0.39, 0.29) is 17.3 Å². The van der Waals surface area contributed by atoms with Gasteiger partial charge in [0.1, 0.15) is 0 Å². The molecular weight excluding hydrogens is 176 g/mol. The van der Waals surface area contributed by atoms with Crippen LogP contribution in [0.25, 0.3) is 0 Å². The Morgan fingerprint density at radius 3 is 2.71 bits per heavy atom. The van der Waals surface area contributed by atoms with E-state index >= 15 is 0 Å². The summed E-state index contributed by atoms with van der Waals surface area (Å²) < 4.78 is 0. The topological polar surface area (TPSA) is 37.3 Å². The first-order valence-corrected chi connectivity index (χ1v) is 5.13. The second kappa shape index (κ2) is 2.53. The van der Waals surface area contributed by atoms with Crippen LogP contribution in [0.1, 0.15) is 33.6 Å². The lowest BCUT2D eigenvalue weighted by Gasteiger charge is -2.21. The molecule has 2 aliphatic rings. The minimum atomic E-state index is -0.684. The largest absolute Gasteiger partial charge is 0.481 e. The van der Waals surface area contributed by atoms with E-state index in [1.807, 2.05) is 0 Å². The Morgan fingerprint density at radius 1 is 1.50 bits per heavy atom. The standard InChI is InChI=1S/C12H16O2/c1-8-4-5-9-11(2,3)12(9,6-8)7-10(13)14/h8-9H,6-7H2,1-3H3,(H,13,14). The van der Waals surface area contributed by atoms with Gasteiger partial charge < -0.3 is 5.11 Å². The van der Waals surface area contributed by atoms with Crippen LogP contribution in [0.3, 0.4) is 0 Å². The normalized spacial score (nSPS) is 41.9. The van der Waals surface area contributed by atoms with Crippen molar-refractivity contribution in [2.75, 3.05) is 0 Å². The summed E-state index contributed by atoms with van der Waals surface area (Å²) in [5, 5.41) is 8.93. The lowest BCUT2D eigenvalue weighted by molar-refractivity contribution is -0.139. The summed E-state index contributed by atoms with van der Waals surface area (Å²) in [6, 6.07) is 0. The van der Waals surface area contributed by atoms with Gasteiger partial charge in [-0.2, -0.15) is 0 Å². The van der Waals surface area contributed by atoms with E-state index < -0.39 is 5.97 Å². The van der Waals surface area contributed by atoms with Crippen LogP contribution in [0.2, 0.25) is 0 Å². The van der Waals surface area contributed by atoms with E-state index in [0.717, 1.165) is 6.42 Å². The summed E-state index contributed by atoms with van der Waals surface area (Å²) in [5.74, 6) is 6.39. The number of rotatable bonds is 2. The van der Waals surface area contributed by atoms with Gasteiger partial charge in [-0.25, -0.2) is 0 Å². The van der Waals surface area contributed by atoms with Crippen molar-refractivity contribution in [1.82, 2.24) is 0 Å². The summed E-state index contributed by atoms with van der Waals surface area (Å²) >= 11 is 0. The van der Waals surface area contributed by atoms with Crippen molar-refractivity contribution >= 4 is 5.97 Å². The lowest BCUT2D eigenvalue weighted by atomic mass is 9.82. The van der Waals surface area contributed by atoms with Gasteiger partial charge in [0.25, 0.3) is 0 Å². The predicted octanol–water partition coefficient (Wildman–Crippen LogP) is 2.15. The molecule has 2 rings (SSSR count). The monoisotopic (exact) mass is 192 g/mol. The lowest BCUT2D eigenvalue weighted by Crippen LogP contribution is -2.19. The maximum Gasteiger partial charge on any atom is 0.303 e. The van der Waals surface area contributed by atoms with E-state index in [1.165, 1.54) is 0 Å². The first-order valence-electron chi connectivity index (χ1n) is 5.13. The van der Waals surface area contributed by atoms with Crippen molar-refractivity contribution in [3.63, 3.8) is 0 Å². The summed E-state index contributed by atoms with van der Waals surface area (Å²) in [7, 11) is 0. The summed E-state index contributed by atoms with van der Waals surface area (Å²) in [5.41, 5.74) is 0.0622. The van der Waals surface area contributed by atoms with Crippen molar-refractivity contribution in [2.45, 2.75) is 33.6 Å². The second-order valence-electron chi connectivity index (χ2n) is 5.28. The molecule has 0 aliphatic heterocycles. The Kier molecular flexibility index (Phi) is 1.73. The zero-order chi connectivity index (χ0) is 10.6. The van der Waals surface area contributed by atoms with Crippen LogP contribution in [0.5, 0.6) is 0 Å². The highest BCUT2D eigenvalue weighted by atomic mass is 16.4. The Hall–Kier alpha value is -0.970. The van der Waals surface area contributed by atoms with Crippen molar-refractivity contribution < 1.29 is 9.90 Å². The molecule has 0 bridgehead atoms. The van der Waals surface area contributed by atoms with Gasteiger partial charge in [0.15, 0.2) is 0 Å². The SMILES string of the molecule is CC1C#CC2C(C)(C)C2(CC(=O)O)C1. The van der Waals surface area contributed by atoms with Gasteiger partial charge in [0.2, 0.25) is 0 Å². The third-order valence-corrected chi connectivity index (χ3v) is 4.09. The van der Waals surface area contributed by atoms with E-state index in [9.17, 15) is 4.79 Å². The van der Waals surface area contributed by atoms with Crippen LogP contribution < -0.4 is 0 Å². The van der Waals surface area contributed by atoms with E-state index in [2.05, 4.69) is 32.6 Å². The average molecular weight is 192 g/mol. The number of carbonyl (C=O) groups is 1. The van der Waals surface area contributed by atoms with E-state index in [1.54, 1.807) is 0 Å². The molecule has 2 nitrogen and oxygen atoms in total. The molecule has 3 unspecified atom stereocenters. The first kappa shape index (κ1) is 9.58. The fraction of sp³-hybridized carbons (Fsp3) is 0.750. The van der Waals surface area contributed by atoms with Crippen LogP contribution in [0, 0.1) is 34.5 Å². The highest BCUT2D eigenvalue weighted by Crippen LogP contribution is 2.74. The molecule has 1 saturated carbocycles. The van der Waals surface area contributed by atoms with Crippen LogP contribution >= 0.6 is 0 Å². The van der Waals surface area contributed by atoms with Crippen molar-refractivity contribution in [3.8, 4) is 11.8 Å². The van der Waals surface area contributed by atoms with Gasteiger partial charge in [0, 0.05) is 17.3 Å². The van der Waals surface area contributed by atoms with Gasteiger partial charge in [0.05, 0.1) is 6.42 Å². The molecule has 1 fully saturated rings. The number of aliphatic carboxylic acids is 1. The molecule has 0 aromatic carbocycles. The van der Waals surface area contributed by atoms with Crippen LogP contribution in [-0.4, -0.2) is 11.1 Å². The molecule has 0 saturated heterocycles.